The van der Waals surface area contributed by atoms with Crippen LogP contribution in [0.5, 0.6) is 0 Å². The topological polar surface area (TPSA) is 28.3 Å². The van der Waals surface area contributed by atoms with Crippen LogP contribution in [0, 0.1) is 0 Å². The van der Waals surface area contributed by atoms with E-state index in [1.54, 1.807) is 6.07 Å². The third-order valence-corrected chi connectivity index (χ3v) is 3.04. The summed E-state index contributed by atoms with van der Waals surface area (Å²) in [4.78, 5) is 5.31. The van der Waals surface area contributed by atoms with Gasteiger partial charge < -0.3 is 14.6 Å². The minimum atomic E-state index is -2.73. The van der Waals surface area contributed by atoms with Gasteiger partial charge in [-0.05, 0) is 43.8 Å². The second-order valence-electron chi connectivity index (χ2n) is 4.82. The molecule has 0 amide bonds. The third-order valence-electron chi connectivity index (χ3n) is 3.04. The Morgan fingerprint density at radius 3 is 2.79 bits per heavy atom. The van der Waals surface area contributed by atoms with Crippen molar-refractivity contribution in [2.45, 2.75) is 19.6 Å². The third kappa shape index (κ3) is 3.75. The van der Waals surface area contributed by atoms with Gasteiger partial charge in [0.05, 0.1) is 6.61 Å². The highest BCUT2D eigenvalue weighted by molar-refractivity contribution is 5.83. The molecule has 19 heavy (non-hydrogen) atoms. The Hall–Kier alpha value is -1.46. The lowest BCUT2D eigenvalue weighted by Gasteiger charge is -2.08. The maximum Gasteiger partial charge on any atom is 0.345 e. The molecule has 1 aromatic carbocycles. The van der Waals surface area contributed by atoms with Gasteiger partial charge in [0.15, 0.2) is 0 Å². The Morgan fingerprint density at radius 1 is 1.32 bits per heavy atom. The standard InChI is InChI=1S/C14H18F2N2O/c1-18(2)6-5-11-8-17-13-4-3-10(7-12(11)13)9-19-14(15)16/h3-4,7-8,14,17H,5-6,9H2,1-2H3. The number of aromatic amines is 1. The van der Waals surface area contributed by atoms with Crippen LogP contribution in [0.2, 0.25) is 0 Å². The number of likely N-dealkylation sites (N-methyl/N-ethyl adjacent to an activating group) is 1. The summed E-state index contributed by atoms with van der Waals surface area (Å²) in [5.74, 6) is 0. The van der Waals surface area contributed by atoms with Crippen molar-refractivity contribution in [3.8, 4) is 0 Å². The van der Waals surface area contributed by atoms with E-state index in [0.717, 1.165) is 29.4 Å². The zero-order chi connectivity index (χ0) is 13.8. The monoisotopic (exact) mass is 268 g/mol. The first-order chi connectivity index (χ1) is 9.06. The van der Waals surface area contributed by atoms with E-state index in [2.05, 4.69) is 14.6 Å². The van der Waals surface area contributed by atoms with Gasteiger partial charge in [-0.15, -0.1) is 0 Å². The molecule has 1 N–H and O–H groups in total. The highest BCUT2D eigenvalue weighted by Gasteiger charge is 2.07. The van der Waals surface area contributed by atoms with E-state index < -0.39 is 6.61 Å². The van der Waals surface area contributed by atoms with Gasteiger partial charge in [0, 0.05) is 23.6 Å². The largest absolute Gasteiger partial charge is 0.361 e. The number of halogens is 2. The fourth-order valence-electron chi connectivity index (χ4n) is 2.03. The number of nitrogens with zero attached hydrogens (tertiary/aromatic N) is 1. The molecule has 0 aliphatic carbocycles. The van der Waals surface area contributed by atoms with Crippen LogP contribution in [0.15, 0.2) is 24.4 Å². The first kappa shape index (κ1) is 14.0. The van der Waals surface area contributed by atoms with Crippen LogP contribution in [-0.2, 0) is 17.8 Å². The zero-order valence-electron chi connectivity index (χ0n) is 11.1. The molecule has 0 spiro atoms. The fraction of sp³-hybridized carbons (Fsp3) is 0.429. The summed E-state index contributed by atoms with van der Waals surface area (Å²) in [6, 6.07) is 5.62. The predicted octanol–water partition coefficient (Wildman–Crippen LogP) is 3.01. The predicted molar refractivity (Wildman–Crippen MR) is 71.3 cm³/mol. The summed E-state index contributed by atoms with van der Waals surface area (Å²) in [6.45, 7) is -1.84. The normalized spacial score (nSPS) is 11.9. The smallest absolute Gasteiger partial charge is 0.345 e. The van der Waals surface area contributed by atoms with E-state index in [0.29, 0.717) is 0 Å². The van der Waals surface area contributed by atoms with E-state index in [9.17, 15) is 8.78 Å². The van der Waals surface area contributed by atoms with E-state index in [4.69, 9.17) is 0 Å². The number of rotatable bonds is 6. The second-order valence-corrected chi connectivity index (χ2v) is 4.82. The van der Waals surface area contributed by atoms with Crippen molar-refractivity contribution < 1.29 is 13.5 Å². The number of ether oxygens (including phenoxy) is 1. The average Bonchev–Trinajstić information content (AvgIpc) is 2.76. The van der Waals surface area contributed by atoms with Crippen molar-refractivity contribution in [3.05, 3.63) is 35.5 Å². The van der Waals surface area contributed by atoms with Crippen molar-refractivity contribution in [3.63, 3.8) is 0 Å². The summed E-state index contributed by atoms with van der Waals surface area (Å²) in [7, 11) is 4.05. The van der Waals surface area contributed by atoms with Gasteiger partial charge in [-0.25, -0.2) is 0 Å². The Kier molecular flexibility index (Phi) is 4.50. The van der Waals surface area contributed by atoms with Gasteiger partial charge in [-0.3, -0.25) is 0 Å². The van der Waals surface area contributed by atoms with Crippen LogP contribution in [0.3, 0.4) is 0 Å². The van der Waals surface area contributed by atoms with E-state index in [-0.39, 0.29) is 6.61 Å². The molecule has 1 aromatic heterocycles. The molecule has 0 atom stereocenters. The Morgan fingerprint density at radius 2 is 2.11 bits per heavy atom. The first-order valence-electron chi connectivity index (χ1n) is 6.19. The molecule has 0 unspecified atom stereocenters. The molecule has 0 saturated heterocycles. The summed E-state index contributed by atoms with van der Waals surface area (Å²) < 4.78 is 28.4. The van der Waals surface area contributed by atoms with Crippen molar-refractivity contribution in [1.82, 2.24) is 9.88 Å². The molecule has 0 aliphatic rings. The summed E-state index contributed by atoms with van der Waals surface area (Å²) >= 11 is 0. The van der Waals surface area contributed by atoms with E-state index in [1.807, 2.05) is 32.4 Å². The SMILES string of the molecule is CN(C)CCc1c[nH]c2ccc(COC(F)F)cc12. The van der Waals surface area contributed by atoms with Gasteiger partial charge in [-0.2, -0.15) is 8.78 Å². The number of alkyl halides is 2. The number of hydrogen-bond acceptors (Lipinski definition) is 2. The Labute approximate surface area is 111 Å². The lowest BCUT2D eigenvalue weighted by Crippen LogP contribution is -2.14. The average molecular weight is 268 g/mol. The molecule has 0 fully saturated rings. The van der Waals surface area contributed by atoms with Gasteiger partial charge >= 0.3 is 6.61 Å². The minimum Gasteiger partial charge on any atom is -0.361 e. The molecule has 0 bridgehead atoms. The van der Waals surface area contributed by atoms with E-state index in [1.165, 1.54) is 5.56 Å². The lowest BCUT2D eigenvalue weighted by atomic mass is 10.1. The zero-order valence-corrected chi connectivity index (χ0v) is 11.1. The van der Waals surface area contributed by atoms with Crippen molar-refractivity contribution in [2.24, 2.45) is 0 Å². The van der Waals surface area contributed by atoms with E-state index >= 15 is 0 Å². The van der Waals surface area contributed by atoms with Crippen LogP contribution >= 0.6 is 0 Å². The maximum absolute atomic E-state index is 12.0. The van der Waals surface area contributed by atoms with Crippen LogP contribution in [0.1, 0.15) is 11.1 Å². The molecule has 1 heterocycles. The molecule has 5 heteroatoms. The van der Waals surface area contributed by atoms with Gasteiger partial charge in [-0.1, -0.05) is 6.07 Å². The number of hydrogen-bond donors (Lipinski definition) is 1. The van der Waals surface area contributed by atoms with Gasteiger partial charge in [0.25, 0.3) is 0 Å². The van der Waals surface area contributed by atoms with Gasteiger partial charge in [0.1, 0.15) is 0 Å². The summed E-state index contributed by atoms with van der Waals surface area (Å²) in [5.41, 5.74) is 2.98. The van der Waals surface area contributed by atoms with Crippen molar-refractivity contribution >= 4 is 10.9 Å². The first-order valence-corrected chi connectivity index (χ1v) is 6.19. The van der Waals surface area contributed by atoms with Crippen molar-refractivity contribution in [1.29, 1.82) is 0 Å². The number of H-pyrrole nitrogens is 1. The van der Waals surface area contributed by atoms with Crippen LogP contribution in [-0.4, -0.2) is 37.1 Å². The summed E-state index contributed by atoms with van der Waals surface area (Å²) in [5, 5.41) is 1.08. The number of benzene rings is 1. The molecular formula is C14H18F2N2O. The minimum absolute atomic E-state index is 0.0636. The Bertz CT molecular complexity index is 537. The van der Waals surface area contributed by atoms with Crippen LogP contribution in [0.4, 0.5) is 8.78 Å². The second kappa shape index (κ2) is 6.12. The maximum atomic E-state index is 12.0. The molecule has 2 rings (SSSR count). The molecule has 2 aromatic rings. The number of aromatic nitrogens is 1. The van der Waals surface area contributed by atoms with Crippen LogP contribution < -0.4 is 0 Å². The van der Waals surface area contributed by atoms with Crippen LogP contribution in [0.25, 0.3) is 10.9 Å². The fourth-order valence-corrected chi connectivity index (χ4v) is 2.03. The van der Waals surface area contributed by atoms with Crippen molar-refractivity contribution in [2.75, 3.05) is 20.6 Å². The number of fused-ring (bicyclic) bond motifs is 1. The molecule has 104 valence electrons. The lowest BCUT2D eigenvalue weighted by molar-refractivity contribution is -0.137. The molecule has 0 radical (unpaired) electrons. The molecule has 3 nitrogen and oxygen atoms in total. The highest BCUT2D eigenvalue weighted by Crippen LogP contribution is 2.21. The Balaban J connectivity index is 2.17. The summed E-state index contributed by atoms with van der Waals surface area (Å²) in [6.07, 6.45) is 2.90. The number of nitrogens with one attached hydrogen (secondary N) is 1. The molecular weight excluding hydrogens is 250 g/mol. The molecule has 0 aliphatic heterocycles. The van der Waals surface area contributed by atoms with Gasteiger partial charge in [0.2, 0.25) is 0 Å². The molecule has 0 saturated carbocycles. The highest BCUT2D eigenvalue weighted by atomic mass is 19.3. The quantitative estimate of drug-likeness (QED) is 0.872.